The van der Waals surface area contributed by atoms with Gasteiger partial charge in [-0.3, -0.25) is 5.32 Å². The molecule has 0 atom stereocenters. The van der Waals surface area contributed by atoms with Crippen LogP contribution >= 0.6 is 11.8 Å². The van der Waals surface area contributed by atoms with E-state index in [1.807, 2.05) is 0 Å². The summed E-state index contributed by atoms with van der Waals surface area (Å²) in [6.45, 7) is 0. The Labute approximate surface area is 136 Å². The fraction of sp³-hybridized carbons (Fsp3) is 0.533. The molecule has 2 rings (SSSR count). The maximum atomic E-state index is 12.4. The molecule has 1 fully saturated rings. The van der Waals surface area contributed by atoms with Crippen LogP contribution < -0.4 is 10.1 Å². The van der Waals surface area contributed by atoms with Crippen LogP contribution in [0, 0.1) is 5.92 Å². The molecule has 0 unspecified atom stereocenters. The first-order valence-electron chi connectivity index (χ1n) is 7.35. The molecule has 0 radical (unpaired) electrons. The zero-order valence-corrected chi connectivity index (χ0v) is 13.2. The molecule has 1 amide bonds. The second kappa shape index (κ2) is 7.81. The minimum absolute atomic E-state index is 0.0606. The molecule has 1 aromatic carbocycles. The molecule has 0 aliphatic heterocycles. The maximum absolute atomic E-state index is 12.4. The number of carboxylic acid groups (broad SMARTS) is 1. The van der Waals surface area contributed by atoms with E-state index in [-0.39, 0.29) is 5.69 Å². The lowest BCUT2D eigenvalue weighted by molar-refractivity contribution is -0.274. The van der Waals surface area contributed by atoms with E-state index in [1.54, 1.807) is 0 Å². The predicted octanol–water partition coefficient (Wildman–Crippen LogP) is 5.35. The van der Waals surface area contributed by atoms with Gasteiger partial charge in [-0.15, -0.1) is 24.9 Å². The Morgan fingerprint density at radius 1 is 1.26 bits per heavy atom. The largest absolute Gasteiger partial charge is 0.573 e. The number of benzene rings is 1. The van der Waals surface area contributed by atoms with E-state index in [0.717, 1.165) is 24.7 Å². The number of alkyl halides is 3. The number of ether oxygens (including phenoxy) is 1. The van der Waals surface area contributed by atoms with Gasteiger partial charge in [0.2, 0.25) is 0 Å². The molecular formula is C15H18F3NO3S. The summed E-state index contributed by atoms with van der Waals surface area (Å²) in [7, 11) is 0. The van der Waals surface area contributed by atoms with Crippen molar-refractivity contribution in [1.82, 2.24) is 0 Å². The van der Waals surface area contributed by atoms with E-state index >= 15 is 0 Å². The number of nitrogens with one attached hydrogen (secondary N) is 1. The Morgan fingerprint density at radius 2 is 1.96 bits per heavy atom. The molecule has 0 bridgehead atoms. The highest BCUT2D eigenvalue weighted by Crippen LogP contribution is 2.34. The van der Waals surface area contributed by atoms with Crippen LogP contribution in [-0.2, 0) is 0 Å². The fourth-order valence-corrected chi connectivity index (χ4v) is 3.78. The summed E-state index contributed by atoms with van der Waals surface area (Å²) in [5.74, 6) is 0.939. The van der Waals surface area contributed by atoms with Gasteiger partial charge >= 0.3 is 12.5 Å². The smallest absolute Gasteiger partial charge is 0.465 e. The number of halogens is 3. The normalized spacial score (nSPS) is 16.1. The van der Waals surface area contributed by atoms with Gasteiger partial charge in [-0.1, -0.05) is 19.3 Å². The van der Waals surface area contributed by atoms with Crippen LogP contribution in [-0.4, -0.2) is 23.3 Å². The molecule has 128 valence electrons. The Morgan fingerprint density at radius 3 is 2.57 bits per heavy atom. The van der Waals surface area contributed by atoms with E-state index in [4.69, 9.17) is 5.11 Å². The van der Waals surface area contributed by atoms with Crippen molar-refractivity contribution >= 4 is 23.5 Å². The lowest BCUT2D eigenvalue weighted by Gasteiger charge is -2.21. The van der Waals surface area contributed by atoms with Gasteiger partial charge in [0.1, 0.15) is 5.75 Å². The molecule has 1 aromatic rings. The van der Waals surface area contributed by atoms with E-state index in [1.165, 1.54) is 43.2 Å². The number of carbonyl (C=O) groups is 1. The molecule has 1 aliphatic carbocycles. The van der Waals surface area contributed by atoms with Gasteiger partial charge in [0, 0.05) is 22.4 Å². The molecule has 23 heavy (non-hydrogen) atoms. The van der Waals surface area contributed by atoms with Gasteiger partial charge in [0.05, 0.1) is 0 Å². The van der Waals surface area contributed by atoms with Crippen molar-refractivity contribution < 1.29 is 27.8 Å². The van der Waals surface area contributed by atoms with E-state index in [0.29, 0.717) is 10.8 Å². The number of amides is 1. The minimum atomic E-state index is -4.81. The second-order valence-corrected chi connectivity index (χ2v) is 6.58. The Hall–Kier alpha value is -1.57. The van der Waals surface area contributed by atoms with Gasteiger partial charge in [0.25, 0.3) is 0 Å². The van der Waals surface area contributed by atoms with Gasteiger partial charge in [-0.2, -0.15) is 0 Å². The number of anilines is 1. The standard InChI is InChI=1S/C15H18F3NO3S/c16-15(17,18)22-12-6-11(19-14(20)21)7-13(8-12)23-9-10-4-2-1-3-5-10/h6-8,10,19H,1-5,9H2,(H,20,21). The molecule has 0 heterocycles. The number of thioether (sulfide) groups is 1. The zero-order valence-electron chi connectivity index (χ0n) is 12.4. The average Bonchev–Trinajstić information content (AvgIpc) is 2.43. The van der Waals surface area contributed by atoms with Crippen molar-refractivity contribution in [3.05, 3.63) is 18.2 Å². The van der Waals surface area contributed by atoms with E-state index in [2.05, 4.69) is 10.1 Å². The van der Waals surface area contributed by atoms with Crippen LogP contribution in [0.3, 0.4) is 0 Å². The minimum Gasteiger partial charge on any atom is -0.465 e. The molecule has 2 N–H and O–H groups in total. The Kier molecular flexibility index (Phi) is 6.04. The summed E-state index contributed by atoms with van der Waals surface area (Å²) in [6.07, 6.45) is -0.270. The maximum Gasteiger partial charge on any atom is 0.573 e. The third-order valence-corrected chi connectivity index (χ3v) is 4.78. The monoisotopic (exact) mass is 349 g/mol. The summed E-state index contributed by atoms with van der Waals surface area (Å²) in [6, 6.07) is 3.82. The quantitative estimate of drug-likeness (QED) is 0.704. The lowest BCUT2D eigenvalue weighted by atomic mass is 9.91. The lowest BCUT2D eigenvalue weighted by Crippen LogP contribution is -2.17. The first-order valence-corrected chi connectivity index (χ1v) is 8.34. The molecule has 4 nitrogen and oxygen atoms in total. The number of hydrogen-bond donors (Lipinski definition) is 2. The predicted molar refractivity (Wildman–Crippen MR) is 82.1 cm³/mol. The zero-order chi connectivity index (χ0) is 16.9. The molecular weight excluding hydrogens is 331 g/mol. The van der Waals surface area contributed by atoms with Gasteiger partial charge in [-0.25, -0.2) is 4.79 Å². The third kappa shape index (κ3) is 6.60. The first-order chi connectivity index (χ1) is 10.8. The molecule has 8 heteroatoms. The van der Waals surface area contributed by atoms with Gasteiger partial charge in [-0.05, 0) is 30.9 Å². The molecule has 0 spiro atoms. The third-order valence-electron chi connectivity index (χ3n) is 3.58. The fourth-order valence-electron chi connectivity index (χ4n) is 2.61. The average molecular weight is 349 g/mol. The second-order valence-electron chi connectivity index (χ2n) is 5.49. The highest BCUT2D eigenvalue weighted by molar-refractivity contribution is 7.99. The van der Waals surface area contributed by atoms with Crippen LogP contribution in [0.2, 0.25) is 0 Å². The summed E-state index contributed by atoms with van der Waals surface area (Å²) in [5.41, 5.74) is 0.0606. The van der Waals surface area contributed by atoms with Crippen molar-refractivity contribution in [3.8, 4) is 5.75 Å². The Balaban J connectivity index is 2.08. The Bertz CT molecular complexity index is 545. The molecule has 1 saturated carbocycles. The molecule has 0 saturated heterocycles. The summed E-state index contributed by atoms with van der Waals surface area (Å²) >= 11 is 1.43. The molecule has 1 aliphatic rings. The van der Waals surface area contributed by atoms with Crippen molar-refractivity contribution in [2.24, 2.45) is 5.92 Å². The highest BCUT2D eigenvalue weighted by atomic mass is 32.2. The van der Waals surface area contributed by atoms with Crippen molar-refractivity contribution in [1.29, 1.82) is 0 Å². The van der Waals surface area contributed by atoms with Crippen molar-refractivity contribution in [3.63, 3.8) is 0 Å². The van der Waals surface area contributed by atoms with Gasteiger partial charge < -0.3 is 9.84 Å². The van der Waals surface area contributed by atoms with Crippen LogP contribution in [0.4, 0.5) is 23.7 Å². The van der Waals surface area contributed by atoms with Crippen molar-refractivity contribution in [2.75, 3.05) is 11.1 Å². The summed E-state index contributed by atoms with van der Waals surface area (Å²) in [5, 5.41) is 10.8. The highest BCUT2D eigenvalue weighted by Gasteiger charge is 2.31. The van der Waals surface area contributed by atoms with Crippen LogP contribution in [0.15, 0.2) is 23.1 Å². The summed E-state index contributed by atoms with van der Waals surface area (Å²) in [4.78, 5) is 11.3. The summed E-state index contributed by atoms with van der Waals surface area (Å²) < 4.78 is 41.0. The number of hydrogen-bond acceptors (Lipinski definition) is 3. The van der Waals surface area contributed by atoms with Crippen LogP contribution in [0.5, 0.6) is 5.75 Å². The first kappa shape index (κ1) is 17.8. The number of rotatable bonds is 5. The topological polar surface area (TPSA) is 58.6 Å². The van der Waals surface area contributed by atoms with Crippen molar-refractivity contribution in [2.45, 2.75) is 43.4 Å². The van der Waals surface area contributed by atoms with Gasteiger partial charge in [0.15, 0.2) is 0 Å². The SMILES string of the molecule is O=C(O)Nc1cc(OC(F)(F)F)cc(SCC2CCCCC2)c1. The van der Waals surface area contributed by atoms with E-state index in [9.17, 15) is 18.0 Å². The molecule has 0 aromatic heterocycles. The van der Waals surface area contributed by atoms with E-state index < -0.39 is 18.2 Å². The van der Waals surface area contributed by atoms with Crippen LogP contribution in [0.1, 0.15) is 32.1 Å². The van der Waals surface area contributed by atoms with Crippen LogP contribution in [0.25, 0.3) is 0 Å².